The van der Waals surface area contributed by atoms with Gasteiger partial charge in [-0.1, -0.05) is 6.07 Å². The Morgan fingerprint density at radius 1 is 1.22 bits per heavy atom. The zero-order valence-electron chi connectivity index (χ0n) is 16.3. The molecule has 1 N–H and O–H groups in total. The van der Waals surface area contributed by atoms with Crippen LogP contribution in [0, 0.1) is 28.6 Å². The van der Waals surface area contributed by atoms with Crippen molar-refractivity contribution in [3.8, 4) is 5.75 Å². The molecule has 1 aromatic carbocycles. The van der Waals surface area contributed by atoms with Crippen molar-refractivity contribution in [3.05, 3.63) is 29.3 Å². The number of ether oxygens (including phenoxy) is 1. The van der Waals surface area contributed by atoms with Gasteiger partial charge in [0.1, 0.15) is 5.75 Å². The van der Waals surface area contributed by atoms with E-state index in [0.29, 0.717) is 16.2 Å². The second-order valence-corrected chi connectivity index (χ2v) is 11.1. The van der Waals surface area contributed by atoms with Crippen LogP contribution in [0.4, 0.5) is 0 Å². The minimum Gasteiger partial charge on any atom is -0.497 e. The maximum atomic E-state index is 5.72. The predicted molar refractivity (Wildman–Crippen MR) is 104 cm³/mol. The maximum Gasteiger partial charge on any atom is 0.119 e. The summed E-state index contributed by atoms with van der Waals surface area (Å²) in [6, 6.07) is 8.78. The molecule has 3 nitrogen and oxygen atoms in total. The Labute approximate surface area is 161 Å². The Kier molecular flexibility index (Phi) is 2.34. The average molecular weight is 363 g/mol. The van der Waals surface area contributed by atoms with Crippen LogP contribution in [0.3, 0.4) is 0 Å². The third-order valence-corrected chi connectivity index (χ3v) is 10.5. The lowest BCUT2D eigenvalue weighted by molar-refractivity contribution is -0.320. The van der Waals surface area contributed by atoms with Gasteiger partial charge in [-0.2, -0.15) is 0 Å². The molecule has 27 heavy (non-hydrogen) atoms. The first-order valence-electron chi connectivity index (χ1n) is 11.4. The van der Waals surface area contributed by atoms with E-state index in [4.69, 9.17) is 4.74 Å². The summed E-state index contributed by atoms with van der Waals surface area (Å²) < 4.78 is 5.72. The number of likely N-dealkylation sites (tertiary alicyclic amines) is 1. The lowest BCUT2D eigenvalue weighted by Crippen LogP contribution is -2.91. The van der Waals surface area contributed by atoms with E-state index in [1.807, 2.05) is 7.11 Å². The van der Waals surface area contributed by atoms with Gasteiger partial charge < -0.3 is 10.1 Å². The molecule has 2 spiro atoms. The van der Waals surface area contributed by atoms with Gasteiger partial charge in [0.15, 0.2) is 0 Å². The van der Waals surface area contributed by atoms with Crippen LogP contribution >= 0.6 is 0 Å². The minimum atomic E-state index is 0.464. The number of benzene rings is 1. The molecule has 7 atom stereocenters. The molecule has 0 aromatic heterocycles. The van der Waals surface area contributed by atoms with Crippen LogP contribution in [-0.2, 0) is 11.8 Å². The Morgan fingerprint density at radius 3 is 3.00 bits per heavy atom. The van der Waals surface area contributed by atoms with Crippen LogP contribution in [-0.4, -0.2) is 43.7 Å². The van der Waals surface area contributed by atoms with E-state index in [9.17, 15) is 0 Å². The molecule has 3 heteroatoms. The van der Waals surface area contributed by atoms with Crippen LogP contribution < -0.4 is 10.1 Å². The quantitative estimate of drug-likeness (QED) is 0.895. The molecule has 6 fully saturated rings. The topological polar surface area (TPSA) is 24.5 Å². The molecule has 2 saturated heterocycles. The zero-order valence-corrected chi connectivity index (χ0v) is 16.3. The first-order chi connectivity index (χ1) is 13.2. The molecular weight excluding hydrogens is 332 g/mol. The first kappa shape index (κ1) is 14.9. The molecule has 2 heterocycles. The molecule has 5 aliphatic carbocycles. The van der Waals surface area contributed by atoms with E-state index in [0.717, 1.165) is 35.6 Å². The number of fused-ring (bicyclic) bond motifs is 1. The number of nitrogens with zero attached hydrogens (tertiary/aromatic N) is 1. The molecule has 2 bridgehead atoms. The Bertz CT molecular complexity index is 879. The fraction of sp³-hybridized carbons (Fsp3) is 0.750. The van der Waals surface area contributed by atoms with E-state index < -0.39 is 0 Å². The monoisotopic (exact) mass is 362 g/mol. The summed E-state index contributed by atoms with van der Waals surface area (Å²) in [7, 11) is 1.84. The lowest BCUT2D eigenvalue weighted by atomic mass is 9.27. The largest absolute Gasteiger partial charge is 0.497 e. The molecule has 142 valence electrons. The van der Waals surface area contributed by atoms with Crippen molar-refractivity contribution in [2.45, 2.75) is 56.0 Å². The number of methoxy groups -OCH3 is 1. The van der Waals surface area contributed by atoms with Gasteiger partial charge in [0.2, 0.25) is 0 Å². The summed E-state index contributed by atoms with van der Waals surface area (Å²) in [6.07, 6.45) is 8.70. The van der Waals surface area contributed by atoms with Crippen LogP contribution in [0.25, 0.3) is 0 Å². The number of hydrogen-bond acceptors (Lipinski definition) is 3. The summed E-state index contributed by atoms with van der Waals surface area (Å²) in [5, 5.41) is 3.96. The van der Waals surface area contributed by atoms with Crippen molar-refractivity contribution < 1.29 is 4.74 Å². The molecule has 8 rings (SSSR count). The molecule has 4 saturated carbocycles. The summed E-state index contributed by atoms with van der Waals surface area (Å²) in [4.78, 5) is 2.97. The number of nitrogens with one attached hydrogen (secondary N) is 1. The normalized spacial score (nSPS) is 53.1. The maximum absolute atomic E-state index is 5.72. The molecule has 2 aliphatic heterocycles. The standard InChI is InChI=1S/C24H30N2O/c1-27-17-5-4-15-9-23-13-26(12-14-2-3-14)21(23)22-7-6-19-20(16(10-22)11-25-19)24(22,23)18(15)8-17/h4-5,8,14,16,19-21,25H,2-3,6-7,9-13H2,1H3/t16-,19?,20?,21?,22?,23?,24?/m1/s1. The molecule has 6 unspecified atom stereocenters. The lowest BCUT2D eigenvalue weighted by Gasteiger charge is -2.84. The second kappa shape index (κ2) is 4.26. The van der Waals surface area contributed by atoms with Crippen LogP contribution in [0.1, 0.15) is 43.2 Å². The third kappa shape index (κ3) is 1.29. The fourth-order valence-corrected chi connectivity index (χ4v) is 10.3. The van der Waals surface area contributed by atoms with Gasteiger partial charge in [0.25, 0.3) is 0 Å². The van der Waals surface area contributed by atoms with E-state index >= 15 is 0 Å². The Morgan fingerprint density at radius 2 is 2.15 bits per heavy atom. The molecule has 0 amide bonds. The van der Waals surface area contributed by atoms with Gasteiger partial charge in [-0.05, 0) is 91.5 Å². The molecular formula is C24H30N2O. The van der Waals surface area contributed by atoms with Crippen LogP contribution in [0.15, 0.2) is 18.2 Å². The number of hydrogen-bond donors (Lipinski definition) is 1. The van der Waals surface area contributed by atoms with Crippen molar-refractivity contribution in [1.29, 1.82) is 0 Å². The van der Waals surface area contributed by atoms with Crippen molar-refractivity contribution >= 4 is 0 Å². The van der Waals surface area contributed by atoms with Crippen LogP contribution in [0.2, 0.25) is 0 Å². The van der Waals surface area contributed by atoms with Crippen molar-refractivity contribution in [2.24, 2.45) is 28.6 Å². The van der Waals surface area contributed by atoms with E-state index in [1.54, 1.807) is 11.1 Å². The average Bonchev–Trinajstić information content (AvgIpc) is 3.27. The Balaban J connectivity index is 1.35. The van der Waals surface area contributed by atoms with Crippen molar-refractivity contribution in [3.63, 3.8) is 0 Å². The fourth-order valence-electron chi connectivity index (χ4n) is 10.3. The summed E-state index contributed by atoms with van der Waals surface area (Å²) in [5.74, 6) is 3.91. The van der Waals surface area contributed by atoms with E-state index in [-0.39, 0.29) is 0 Å². The van der Waals surface area contributed by atoms with Gasteiger partial charge in [0, 0.05) is 36.0 Å². The molecule has 0 radical (unpaired) electrons. The smallest absolute Gasteiger partial charge is 0.119 e. The SMILES string of the molecule is COc1ccc2c(c1)C13C4C5CCC1(C[C@@H]4CN5)C1N(CC4CC4)CC13C2. The van der Waals surface area contributed by atoms with Gasteiger partial charge in [-0.3, -0.25) is 4.90 Å². The van der Waals surface area contributed by atoms with Gasteiger partial charge in [-0.25, -0.2) is 0 Å². The highest BCUT2D eigenvalue weighted by Crippen LogP contribution is 2.89. The summed E-state index contributed by atoms with van der Waals surface area (Å²) >= 11 is 0. The third-order valence-electron chi connectivity index (χ3n) is 10.5. The van der Waals surface area contributed by atoms with Gasteiger partial charge >= 0.3 is 0 Å². The first-order valence-corrected chi connectivity index (χ1v) is 11.4. The number of piperidine rings is 1. The predicted octanol–water partition coefficient (Wildman–Crippen LogP) is 2.97. The van der Waals surface area contributed by atoms with Crippen molar-refractivity contribution in [1.82, 2.24) is 10.2 Å². The second-order valence-electron chi connectivity index (χ2n) is 11.1. The van der Waals surface area contributed by atoms with E-state index in [2.05, 4.69) is 28.4 Å². The zero-order chi connectivity index (χ0) is 17.6. The number of rotatable bonds is 3. The highest BCUT2D eigenvalue weighted by Gasteiger charge is 2.93. The molecule has 1 aromatic rings. The summed E-state index contributed by atoms with van der Waals surface area (Å²) in [6.45, 7) is 4.06. The summed E-state index contributed by atoms with van der Waals surface area (Å²) in [5.41, 5.74) is 4.99. The molecule has 7 aliphatic rings. The highest BCUT2D eigenvalue weighted by molar-refractivity contribution is 5.61. The van der Waals surface area contributed by atoms with Crippen molar-refractivity contribution in [2.75, 3.05) is 26.7 Å². The highest BCUT2D eigenvalue weighted by atomic mass is 16.5. The van der Waals surface area contributed by atoms with Gasteiger partial charge in [-0.15, -0.1) is 0 Å². The minimum absolute atomic E-state index is 0.464. The Hall–Kier alpha value is -1.06. The van der Waals surface area contributed by atoms with Crippen LogP contribution in [0.5, 0.6) is 5.75 Å². The van der Waals surface area contributed by atoms with E-state index in [1.165, 1.54) is 58.2 Å². The van der Waals surface area contributed by atoms with Gasteiger partial charge in [0.05, 0.1) is 7.11 Å².